The van der Waals surface area contributed by atoms with Crippen LogP contribution in [0.4, 0.5) is 0 Å². The number of rotatable bonds is 8. The van der Waals surface area contributed by atoms with Crippen molar-refractivity contribution in [3.8, 4) is 0 Å². The quantitative estimate of drug-likeness (QED) is 0.148. The number of hydrogen-bond donors (Lipinski definition) is 9. The molecule has 4 aliphatic carbocycles. The smallest absolute Gasteiger partial charge is 0.187 e. The Bertz CT molecular complexity index is 1590. The average molecular weight is 868 g/mol. The molecule has 0 aromatic rings. The molecule has 5 aliphatic heterocycles. The van der Waals surface area contributed by atoms with E-state index in [9.17, 15) is 46.0 Å². The summed E-state index contributed by atoms with van der Waals surface area (Å²) in [5.74, 6) is 4.15. The van der Waals surface area contributed by atoms with Crippen LogP contribution >= 0.6 is 0 Å². The van der Waals surface area contributed by atoms with Crippen molar-refractivity contribution in [1.29, 1.82) is 0 Å². The second-order valence-electron chi connectivity index (χ2n) is 21.2. The summed E-state index contributed by atoms with van der Waals surface area (Å²) in [6, 6.07) is 1.43. The maximum Gasteiger partial charge on any atom is 0.187 e. The van der Waals surface area contributed by atoms with Crippen LogP contribution in [0.5, 0.6) is 0 Å². The molecule has 9 aliphatic rings. The normalized spacial score (nSPS) is 57.3. The number of ether oxygens (including phenoxy) is 6. The van der Waals surface area contributed by atoms with E-state index in [1.807, 2.05) is 0 Å². The molecule has 9 rings (SSSR count). The monoisotopic (exact) mass is 867 g/mol. The lowest BCUT2D eigenvalue weighted by atomic mass is 9.47. The molecule has 0 aromatic heterocycles. The summed E-state index contributed by atoms with van der Waals surface area (Å²) in [4.78, 5) is 2.94. The number of aliphatic hydroxyl groups excluding tert-OH is 9. The fourth-order valence-electron chi connectivity index (χ4n) is 14.7. The Morgan fingerprint density at radius 2 is 1.33 bits per heavy atom. The highest BCUT2D eigenvalue weighted by Crippen LogP contribution is 2.70. The van der Waals surface area contributed by atoms with Gasteiger partial charge in [0.15, 0.2) is 18.9 Å². The summed E-state index contributed by atoms with van der Waals surface area (Å²) in [7, 11) is 0. The number of aliphatic hydroxyl groups is 9. The van der Waals surface area contributed by atoms with Crippen molar-refractivity contribution in [3.63, 3.8) is 0 Å². The van der Waals surface area contributed by atoms with E-state index in [1.54, 1.807) is 0 Å². The first-order valence-electron chi connectivity index (χ1n) is 23.4. The zero-order valence-corrected chi connectivity index (χ0v) is 36.3. The van der Waals surface area contributed by atoms with E-state index in [0.29, 0.717) is 42.1 Å². The summed E-state index contributed by atoms with van der Waals surface area (Å²) >= 11 is 0. The molecule has 0 aromatic carbocycles. The van der Waals surface area contributed by atoms with Gasteiger partial charge < -0.3 is 74.4 Å². The van der Waals surface area contributed by atoms with Gasteiger partial charge in [-0.3, -0.25) is 4.90 Å². The molecule has 16 nitrogen and oxygen atoms in total. The van der Waals surface area contributed by atoms with Gasteiger partial charge in [0.2, 0.25) is 0 Å². The Morgan fingerprint density at radius 1 is 0.672 bits per heavy atom. The molecule has 8 fully saturated rings. The van der Waals surface area contributed by atoms with Crippen LogP contribution in [0.15, 0.2) is 11.6 Å². The van der Waals surface area contributed by atoms with Crippen LogP contribution < -0.4 is 0 Å². The summed E-state index contributed by atoms with van der Waals surface area (Å²) in [5.41, 5.74) is 1.72. The van der Waals surface area contributed by atoms with E-state index < -0.39 is 105 Å². The largest absolute Gasteiger partial charge is 0.394 e. The second-order valence-corrected chi connectivity index (χ2v) is 21.2. The molecular formula is C45H73NO15. The number of nitrogens with zero attached hydrogens (tertiary/aromatic N) is 1. The first kappa shape index (κ1) is 45.3. The van der Waals surface area contributed by atoms with Crippen molar-refractivity contribution in [1.82, 2.24) is 4.90 Å². The molecule has 0 amide bonds. The Labute approximate surface area is 359 Å². The van der Waals surface area contributed by atoms with Crippen molar-refractivity contribution >= 4 is 0 Å². The fourth-order valence-corrected chi connectivity index (χ4v) is 14.7. The van der Waals surface area contributed by atoms with Gasteiger partial charge in [-0.05, 0) is 111 Å². The van der Waals surface area contributed by atoms with Crippen LogP contribution in [0.2, 0.25) is 0 Å². The molecule has 3 saturated carbocycles. The second kappa shape index (κ2) is 17.1. The highest BCUT2D eigenvalue weighted by atomic mass is 16.8. The molecule has 0 radical (unpaired) electrons. The molecule has 9 N–H and O–H groups in total. The zero-order chi connectivity index (χ0) is 43.4. The van der Waals surface area contributed by atoms with Crippen molar-refractivity contribution in [2.45, 2.75) is 203 Å². The summed E-state index contributed by atoms with van der Waals surface area (Å²) in [6.07, 6.45) is -11.1. The van der Waals surface area contributed by atoms with Gasteiger partial charge >= 0.3 is 0 Å². The molecule has 16 heteroatoms. The van der Waals surface area contributed by atoms with Crippen molar-refractivity contribution < 1.29 is 74.4 Å². The molecule has 2 unspecified atom stereocenters. The minimum atomic E-state index is -1.83. The first-order valence-corrected chi connectivity index (χ1v) is 23.4. The molecule has 5 heterocycles. The maximum atomic E-state index is 11.6. The Balaban J connectivity index is 0.952. The lowest BCUT2D eigenvalue weighted by Crippen LogP contribution is -2.67. The lowest BCUT2D eigenvalue weighted by Gasteiger charge is -2.58. The van der Waals surface area contributed by atoms with Gasteiger partial charge in [0.25, 0.3) is 0 Å². The van der Waals surface area contributed by atoms with Crippen molar-refractivity contribution in [2.75, 3.05) is 19.8 Å². The fraction of sp³-hybridized carbons (Fsp3) is 0.956. The van der Waals surface area contributed by atoms with Gasteiger partial charge in [0.1, 0.15) is 67.1 Å². The third-order valence-electron chi connectivity index (χ3n) is 18.0. The highest BCUT2D eigenvalue weighted by molar-refractivity contribution is 5.27. The molecule has 348 valence electrons. The van der Waals surface area contributed by atoms with Crippen LogP contribution in [0, 0.1) is 46.3 Å². The number of hydrogen-bond acceptors (Lipinski definition) is 16. The maximum absolute atomic E-state index is 11.6. The third-order valence-corrected chi connectivity index (χ3v) is 18.0. The zero-order valence-electron chi connectivity index (χ0n) is 36.3. The van der Waals surface area contributed by atoms with Crippen LogP contribution in [0.25, 0.3) is 0 Å². The average Bonchev–Trinajstić information content (AvgIpc) is 3.71. The molecule has 0 bridgehead atoms. The Hall–Kier alpha value is -0.900. The number of fused-ring (bicyclic) bond motifs is 9. The van der Waals surface area contributed by atoms with Crippen LogP contribution in [0.1, 0.15) is 92.4 Å². The molecule has 5 saturated heterocycles. The summed E-state index contributed by atoms with van der Waals surface area (Å²) in [6.45, 7) is 11.4. The van der Waals surface area contributed by atoms with E-state index in [1.165, 1.54) is 51.1 Å². The van der Waals surface area contributed by atoms with Crippen LogP contribution in [0.3, 0.4) is 0 Å². The van der Waals surface area contributed by atoms with Crippen molar-refractivity contribution in [2.24, 2.45) is 46.3 Å². The third kappa shape index (κ3) is 7.42. The topological polar surface area (TPSA) is 241 Å². The minimum absolute atomic E-state index is 0.00462. The van der Waals surface area contributed by atoms with Gasteiger partial charge in [-0.25, -0.2) is 0 Å². The predicted octanol–water partition coefficient (Wildman–Crippen LogP) is 0.155. The van der Waals surface area contributed by atoms with E-state index in [-0.39, 0.29) is 11.5 Å². The van der Waals surface area contributed by atoms with Crippen molar-refractivity contribution in [3.05, 3.63) is 11.6 Å². The highest BCUT2D eigenvalue weighted by Gasteiger charge is 2.66. The van der Waals surface area contributed by atoms with E-state index in [0.717, 1.165) is 36.6 Å². The number of allylic oxidation sites excluding steroid dienone is 1. The molecule has 0 spiro atoms. The van der Waals surface area contributed by atoms with Crippen LogP contribution in [-0.2, 0) is 28.4 Å². The van der Waals surface area contributed by atoms with Gasteiger partial charge in [-0.2, -0.15) is 0 Å². The predicted molar refractivity (Wildman–Crippen MR) is 215 cm³/mol. The minimum Gasteiger partial charge on any atom is -0.394 e. The molecular weight excluding hydrogens is 794 g/mol. The molecule has 26 atom stereocenters. The Kier molecular flexibility index (Phi) is 12.7. The molecule has 61 heavy (non-hydrogen) atoms. The van der Waals surface area contributed by atoms with Gasteiger partial charge in [-0.15, -0.1) is 0 Å². The summed E-state index contributed by atoms with van der Waals surface area (Å²) in [5, 5.41) is 95.8. The van der Waals surface area contributed by atoms with Gasteiger partial charge in [-0.1, -0.05) is 39.3 Å². The van der Waals surface area contributed by atoms with E-state index >= 15 is 0 Å². The van der Waals surface area contributed by atoms with E-state index in [2.05, 4.69) is 38.7 Å². The Morgan fingerprint density at radius 3 is 2.05 bits per heavy atom. The first-order chi connectivity index (χ1) is 29.0. The summed E-state index contributed by atoms with van der Waals surface area (Å²) < 4.78 is 36.8. The number of piperidine rings is 1. The van der Waals surface area contributed by atoms with Gasteiger partial charge in [0.05, 0.1) is 25.4 Å². The lowest BCUT2D eigenvalue weighted by molar-refractivity contribution is -0.394. The SMILES string of the molecule is C[C@H]1CC[C@@H]2[C@@H](C)[C@H]3C(C[C@H]4[C@@H]5CC=C6C[C@@H](O[C@@H]7O[C@H](CO)[C@H](O)[C@H](O[C@@H]8O[C@H](CO)[C@@H](O)[C@H](O)[C@H]8O)[C@H]7O[C@@H]7O[C@@H](C)[C@H](O)[C@@H](O)[C@H]7O)CC[C@]6(C)C5CC[C@]34C)N2C1. The van der Waals surface area contributed by atoms with Gasteiger partial charge in [0, 0.05) is 18.6 Å². The van der Waals surface area contributed by atoms with Crippen LogP contribution in [-0.4, -0.2) is 181 Å². The van der Waals surface area contributed by atoms with E-state index in [4.69, 9.17) is 28.4 Å². The standard InChI is InChI=1S/C45H73NO15/c1-19-6-9-27-20(2)31-28(46(27)16-19)15-26-24-8-7-22-14-23(10-12-44(22,4)25(24)11-13-45(26,31)5)57-43-40(61-41-37(54)35(52)32(49)21(3)56-41)39(34(51)30(18-48)59-43)60-42-38(55)36(53)33(50)29(17-47)58-42/h7,19-21,23-43,47-55H,6,8-18H2,1-5H3/t19-,20+,21-,23-,24+,25?,26-,27+,28?,29+,30+,31-,32-,33+,34-,35+,36-,37+,38+,39-,40+,41-,42-,43+,44-,45-/m0/s1.